The van der Waals surface area contributed by atoms with E-state index in [1.807, 2.05) is 18.2 Å². The molecule has 5 nitrogen and oxygen atoms in total. The Morgan fingerprint density at radius 2 is 1.50 bits per heavy atom. The van der Waals surface area contributed by atoms with E-state index in [9.17, 15) is 8.42 Å². The standard InChI is InChI=1S/C25H31N3O2S2/c1-17(21-5-3-2-4-6-21)26-24(31)27-22-7-9-23(10-8-22)32(29,30)28-25-14-18-11-19(15-25)13-20(12-18)16-25/h2-10,17-20,28H,11-16H2,1H3,(H2,26,27,31). The number of hydrogen-bond donors (Lipinski definition) is 3. The average molecular weight is 470 g/mol. The van der Waals surface area contributed by atoms with Crippen LogP contribution in [0.1, 0.15) is 57.1 Å². The molecule has 3 N–H and O–H groups in total. The molecular weight excluding hydrogens is 438 g/mol. The van der Waals surface area contributed by atoms with Crippen molar-refractivity contribution < 1.29 is 8.42 Å². The fourth-order valence-corrected chi connectivity index (χ4v) is 8.21. The van der Waals surface area contributed by atoms with Gasteiger partial charge in [0.25, 0.3) is 0 Å². The first-order chi connectivity index (χ1) is 15.3. The quantitative estimate of drug-likeness (QED) is 0.521. The predicted octanol–water partition coefficient (Wildman–Crippen LogP) is 4.98. The zero-order chi connectivity index (χ0) is 22.3. The Bertz CT molecular complexity index is 1050. The zero-order valence-electron chi connectivity index (χ0n) is 18.4. The molecule has 0 saturated heterocycles. The molecule has 6 rings (SSSR count). The number of benzene rings is 2. The molecule has 0 aromatic heterocycles. The van der Waals surface area contributed by atoms with Gasteiger partial charge in [0, 0.05) is 11.2 Å². The van der Waals surface area contributed by atoms with E-state index in [1.165, 1.54) is 19.3 Å². The number of anilines is 1. The van der Waals surface area contributed by atoms with Crippen LogP contribution in [0.25, 0.3) is 0 Å². The van der Waals surface area contributed by atoms with E-state index in [2.05, 4.69) is 34.4 Å². The Kier molecular flexibility index (Phi) is 5.76. The summed E-state index contributed by atoms with van der Waals surface area (Å²) in [7, 11) is -3.55. The highest BCUT2D eigenvalue weighted by Gasteiger charge is 2.52. The van der Waals surface area contributed by atoms with Crippen molar-refractivity contribution in [2.45, 2.75) is 61.9 Å². The van der Waals surface area contributed by atoms with Gasteiger partial charge in [0.05, 0.1) is 10.9 Å². The van der Waals surface area contributed by atoms with Gasteiger partial charge in [0.2, 0.25) is 10.0 Å². The SMILES string of the molecule is CC(NC(=S)Nc1ccc(S(=O)(=O)NC23CC4CC(CC(C4)C2)C3)cc1)c1ccccc1. The number of nitrogens with one attached hydrogen (secondary N) is 3. The first kappa shape index (κ1) is 21.9. The van der Waals surface area contributed by atoms with Crippen LogP contribution in [0.5, 0.6) is 0 Å². The molecule has 0 radical (unpaired) electrons. The van der Waals surface area contributed by atoms with Gasteiger partial charge >= 0.3 is 0 Å². The molecule has 4 fully saturated rings. The van der Waals surface area contributed by atoms with Gasteiger partial charge in [-0.05, 0) is 105 Å². The molecule has 0 heterocycles. The van der Waals surface area contributed by atoms with Crippen LogP contribution in [-0.4, -0.2) is 19.1 Å². The Morgan fingerprint density at radius 3 is 2.06 bits per heavy atom. The van der Waals surface area contributed by atoms with Crippen LogP contribution in [-0.2, 0) is 10.0 Å². The van der Waals surface area contributed by atoms with Gasteiger partial charge in [-0.15, -0.1) is 0 Å². The summed E-state index contributed by atoms with van der Waals surface area (Å²) < 4.78 is 29.5. The van der Waals surface area contributed by atoms with E-state index >= 15 is 0 Å². The lowest BCUT2D eigenvalue weighted by molar-refractivity contribution is -0.00810. The maximum atomic E-state index is 13.2. The third-order valence-corrected chi connectivity index (χ3v) is 9.27. The highest BCUT2D eigenvalue weighted by molar-refractivity contribution is 7.89. The third-order valence-electron chi connectivity index (χ3n) is 7.46. The van der Waals surface area contributed by atoms with Gasteiger partial charge in [-0.2, -0.15) is 0 Å². The lowest BCUT2D eigenvalue weighted by Gasteiger charge is -2.56. The minimum absolute atomic E-state index is 0.0698. The van der Waals surface area contributed by atoms with Crippen LogP contribution in [0, 0.1) is 17.8 Å². The van der Waals surface area contributed by atoms with Crippen LogP contribution in [0.3, 0.4) is 0 Å². The normalized spacial score (nSPS) is 29.5. The van der Waals surface area contributed by atoms with Gasteiger partial charge in [-0.25, -0.2) is 13.1 Å². The molecule has 1 unspecified atom stereocenters. The van der Waals surface area contributed by atoms with Crippen LogP contribution in [0.4, 0.5) is 5.69 Å². The van der Waals surface area contributed by atoms with Gasteiger partial charge in [0.1, 0.15) is 0 Å². The molecule has 4 aliphatic rings. The smallest absolute Gasteiger partial charge is 0.241 e. The number of hydrogen-bond acceptors (Lipinski definition) is 3. The first-order valence-electron chi connectivity index (χ1n) is 11.6. The van der Waals surface area contributed by atoms with Crippen molar-refractivity contribution in [3.63, 3.8) is 0 Å². The summed E-state index contributed by atoms with van der Waals surface area (Å²) in [6, 6.07) is 17.0. The summed E-state index contributed by atoms with van der Waals surface area (Å²) in [4.78, 5) is 0.315. The lowest BCUT2D eigenvalue weighted by Crippen LogP contribution is -2.59. The van der Waals surface area contributed by atoms with E-state index in [0.717, 1.165) is 30.5 Å². The molecule has 4 saturated carbocycles. The molecule has 0 aliphatic heterocycles. The van der Waals surface area contributed by atoms with Gasteiger partial charge < -0.3 is 10.6 Å². The Hall–Kier alpha value is -1.96. The average Bonchev–Trinajstić information content (AvgIpc) is 2.73. The second-order valence-electron chi connectivity index (χ2n) is 10.1. The largest absolute Gasteiger partial charge is 0.356 e. The molecule has 7 heteroatoms. The van der Waals surface area contributed by atoms with Crippen molar-refractivity contribution in [2.24, 2.45) is 17.8 Å². The molecule has 2 aromatic carbocycles. The van der Waals surface area contributed by atoms with Crippen molar-refractivity contribution in [3.05, 3.63) is 60.2 Å². The van der Waals surface area contributed by atoms with Crippen molar-refractivity contribution in [1.82, 2.24) is 10.0 Å². The second-order valence-corrected chi connectivity index (χ2v) is 12.1. The monoisotopic (exact) mass is 469 g/mol. The zero-order valence-corrected chi connectivity index (χ0v) is 20.0. The summed E-state index contributed by atoms with van der Waals surface area (Å²) in [5.41, 5.74) is 1.68. The molecule has 4 aliphatic carbocycles. The molecule has 4 bridgehead atoms. The van der Waals surface area contributed by atoms with E-state index in [1.54, 1.807) is 24.3 Å². The van der Waals surface area contributed by atoms with Crippen LogP contribution in [0.2, 0.25) is 0 Å². The Morgan fingerprint density at radius 1 is 0.938 bits per heavy atom. The summed E-state index contributed by atoms with van der Waals surface area (Å²) in [6.45, 7) is 2.05. The topological polar surface area (TPSA) is 70.2 Å². The van der Waals surface area contributed by atoms with E-state index in [0.29, 0.717) is 27.8 Å². The van der Waals surface area contributed by atoms with E-state index < -0.39 is 10.0 Å². The summed E-state index contributed by atoms with van der Waals surface area (Å²) in [5, 5.41) is 6.92. The summed E-state index contributed by atoms with van der Waals surface area (Å²) >= 11 is 5.44. The fraction of sp³-hybridized carbons (Fsp3) is 0.480. The van der Waals surface area contributed by atoms with Crippen LogP contribution < -0.4 is 15.4 Å². The Labute approximate surface area is 196 Å². The fourth-order valence-electron chi connectivity index (χ4n) is 6.49. The van der Waals surface area contributed by atoms with Crippen molar-refractivity contribution >= 4 is 33.0 Å². The van der Waals surface area contributed by atoms with E-state index in [4.69, 9.17) is 12.2 Å². The molecule has 0 amide bonds. The molecule has 0 spiro atoms. The Balaban J connectivity index is 1.22. The minimum Gasteiger partial charge on any atom is -0.356 e. The first-order valence-corrected chi connectivity index (χ1v) is 13.5. The third kappa shape index (κ3) is 4.56. The number of thiocarbonyl (C=S) groups is 1. The van der Waals surface area contributed by atoms with Gasteiger partial charge in [-0.1, -0.05) is 30.3 Å². The number of sulfonamides is 1. The maximum Gasteiger partial charge on any atom is 0.241 e. The minimum atomic E-state index is -3.55. The lowest BCUT2D eigenvalue weighted by atomic mass is 9.53. The predicted molar refractivity (Wildman–Crippen MR) is 132 cm³/mol. The highest BCUT2D eigenvalue weighted by atomic mass is 32.2. The van der Waals surface area contributed by atoms with Gasteiger partial charge in [-0.3, -0.25) is 0 Å². The van der Waals surface area contributed by atoms with Crippen molar-refractivity contribution in [2.75, 3.05) is 5.32 Å². The number of rotatable bonds is 6. The highest BCUT2D eigenvalue weighted by Crippen LogP contribution is 2.55. The molecule has 2 aromatic rings. The maximum absolute atomic E-state index is 13.2. The molecule has 170 valence electrons. The summed E-state index contributed by atoms with van der Waals surface area (Å²) in [6.07, 6.45) is 6.86. The van der Waals surface area contributed by atoms with Gasteiger partial charge in [0.15, 0.2) is 5.11 Å². The summed E-state index contributed by atoms with van der Waals surface area (Å²) in [5.74, 6) is 2.09. The van der Waals surface area contributed by atoms with Crippen LogP contribution >= 0.6 is 12.2 Å². The van der Waals surface area contributed by atoms with Crippen molar-refractivity contribution in [3.8, 4) is 0 Å². The van der Waals surface area contributed by atoms with Crippen molar-refractivity contribution in [1.29, 1.82) is 0 Å². The molecular formula is C25H31N3O2S2. The van der Waals surface area contributed by atoms with E-state index in [-0.39, 0.29) is 11.6 Å². The second kappa shape index (κ2) is 8.43. The molecule has 1 atom stereocenters. The van der Waals surface area contributed by atoms with Crippen LogP contribution in [0.15, 0.2) is 59.5 Å². The molecule has 32 heavy (non-hydrogen) atoms.